The molecular weight excluding hydrogens is 200 g/mol. The lowest BCUT2D eigenvalue weighted by Crippen LogP contribution is -2.25. The Hall–Kier alpha value is -1.35. The molecule has 0 atom stereocenters. The van der Waals surface area contributed by atoms with Crippen molar-refractivity contribution in [1.82, 2.24) is 5.43 Å². The fraction of sp³-hybridized carbons (Fsp3) is 0.200. The van der Waals surface area contributed by atoms with E-state index in [0.717, 1.165) is 5.56 Å². The highest BCUT2D eigenvalue weighted by atomic mass is 35.5. The van der Waals surface area contributed by atoms with Gasteiger partial charge < -0.3 is 0 Å². The van der Waals surface area contributed by atoms with Crippen LogP contribution in [0.4, 0.5) is 0 Å². The highest BCUT2D eigenvalue weighted by Crippen LogP contribution is 2.12. The van der Waals surface area contributed by atoms with Crippen molar-refractivity contribution in [3.8, 4) is 0 Å². The second kappa shape index (κ2) is 3.80. The average Bonchev–Trinajstić information content (AvgIpc) is 2.56. The number of hydrazone groups is 1. The van der Waals surface area contributed by atoms with Gasteiger partial charge in [-0.2, -0.15) is 0 Å². The van der Waals surface area contributed by atoms with E-state index in [1.54, 1.807) is 4.68 Å². The number of benzene rings is 1. The fourth-order valence-electron chi connectivity index (χ4n) is 1.34. The third-order valence-corrected chi connectivity index (χ3v) is 2.39. The number of carbonyl (C=O) groups excluding carboxylic acids is 1. The van der Waals surface area contributed by atoms with Crippen molar-refractivity contribution in [1.29, 1.82) is 0 Å². The molecule has 3 nitrogen and oxygen atoms in total. The number of hydrogen-bond donors (Lipinski definition) is 1. The molecule has 1 saturated heterocycles. The molecule has 14 heavy (non-hydrogen) atoms. The van der Waals surface area contributed by atoms with Gasteiger partial charge in [-0.1, -0.05) is 23.7 Å². The van der Waals surface area contributed by atoms with Gasteiger partial charge in [0.15, 0.2) is 6.54 Å². The topological polar surface area (TPSA) is 32.1 Å². The molecule has 0 bridgehead atoms. The highest BCUT2D eigenvalue weighted by molar-refractivity contribution is 6.32. The number of hydrogen-bond acceptors (Lipinski definition) is 1. The predicted molar refractivity (Wildman–Crippen MR) is 54.5 cm³/mol. The first-order chi connectivity index (χ1) is 6.75. The van der Waals surface area contributed by atoms with Gasteiger partial charge in [-0.15, -0.1) is 10.1 Å². The second-order valence-electron chi connectivity index (χ2n) is 3.13. The van der Waals surface area contributed by atoms with Gasteiger partial charge in [-0.25, -0.2) is 0 Å². The summed E-state index contributed by atoms with van der Waals surface area (Å²) in [6.45, 7) is 0.698. The molecule has 0 saturated carbocycles. The van der Waals surface area contributed by atoms with Gasteiger partial charge in [0.2, 0.25) is 6.21 Å². The van der Waals surface area contributed by atoms with E-state index in [0.29, 0.717) is 18.0 Å². The van der Waals surface area contributed by atoms with Gasteiger partial charge in [0.25, 0.3) is 5.91 Å². The van der Waals surface area contributed by atoms with Crippen LogP contribution in [0.1, 0.15) is 12.0 Å². The predicted octanol–water partition coefficient (Wildman–Crippen LogP) is 1.21. The van der Waals surface area contributed by atoms with Crippen molar-refractivity contribution >= 4 is 23.7 Å². The minimum absolute atomic E-state index is 0.0494. The molecule has 0 aliphatic carbocycles. The summed E-state index contributed by atoms with van der Waals surface area (Å²) in [4.78, 5) is 10.9. The Balaban J connectivity index is 2.25. The molecule has 0 radical (unpaired) electrons. The number of nitrogens with zero attached hydrogens (tertiary/aromatic N) is 1. The van der Waals surface area contributed by atoms with Crippen LogP contribution in [0.15, 0.2) is 24.3 Å². The largest absolute Gasteiger partial charge is 0.280 e. The first-order valence-corrected chi connectivity index (χ1v) is 4.79. The Morgan fingerprint density at radius 3 is 2.86 bits per heavy atom. The van der Waals surface area contributed by atoms with Crippen molar-refractivity contribution in [3.63, 3.8) is 0 Å². The van der Waals surface area contributed by atoms with E-state index in [1.807, 2.05) is 30.5 Å². The van der Waals surface area contributed by atoms with E-state index in [4.69, 9.17) is 11.6 Å². The number of hydrazine groups is 1. The molecule has 0 spiro atoms. The molecule has 1 aromatic rings. The van der Waals surface area contributed by atoms with Gasteiger partial charge in [-0.3, -0.25) is 4.79 Å². The lowest BCUT2D eigenvalue weighted by molar-refractivity contribution is -0.553. The Kier molecular flexibility index (Phi) is 2.50. The van der Waals surface area contributed by atoms with E-state index >= 15 is 0 Å². The molecule has 0 unspecified atom stereocenters. The maximum atomic E-state index is 10.9. The summed E-state index contributed by atoms with van der Waals surface area (Å²) in [6.07, 6.45) is 2.38. The van der Waals surface area contributed by atoms with Crippen molar-refractivity contribution < 1.29 is 9.48 Å². The van der Waals surface area contributed by atoms with E-state index in [2.05, 4.69) is 5.43 Å². The molecule has 1 N–H and O–H groups in total. The minimum atomic E-state index is 0.0494. The third-order valence-electron chi connectivity index (χ3n) is 2.05. The van der Waals surface area contributed by atoms with Crippen LogP contribution in [-0.4, -0.2) is 23.4 Å². The van der Waals surface area contributed by atoms with Crippen LogP contribution in [0.2, 0.25) is 5.02 Å². The minimum Gasteiger partial charge on any atom is -0.269 e. The maximum Gasteiger partial charge on any atom is 0.280 e. The molecule has 1 fully saturated rings. The van der Waals surface area contributed by atoms with Crippen LogP contribution < -0.4 is 5.43 Å². The molecule has 0 aromatic heterocycles. The van der Waals surface area contributed by atoms with Crippen LogP contribution in [0.5, 0.6) is 0 Å². The summed E-state index contributed by atoms with van der Waals surface area (Å²) >= 11 is 5.97. The molecular formula is C10H10ClN2O+. The van der Waals surface area contributed by atoms with Crippen molar-refractivity contribution in [2.75, 3.05) is 6.54 Å². The molecule has 2 rings (SSSR count). The first-order valence-electron chi connectivity index (χ1n) is 4.41. The van der Waals surface area contributed by atoms with Crippen molar-refractivity contribution in [2.24, 2.45) is 0 Å². The Bertz CT molecular complexity index is 401. The zero-order chi connectivity index (χ0) is 9.97. The Morgan fingerprint density at radius 2 is 2.21 bits per heavy atom. The summed E-state index contributed by atoms with van der Waals surface area (Å²) in [5.41, 5.74) is 3.62. The van der Waals surface area contributed by atoms with Crippen LogP contribution in [-0.2, 0) is 4.79 Å². The monoisotopic (exact) mass is 209 g/mol. The van der Waals surface area contributed by atoms with Crippen LogP contribution >= 0.6 is 11.6 Å². The molecule has 4 heteroatoms. The zero-order valence-corrected chi connectivity index (χ0v) is 8.29. The number of rotatable bonds is 1. The van der Waals surface area contributed by atoms with Gasteiger partial charge in [0, 0.05) is 0 Å². The van der Waals surface area contributed by atoms with Crippen LogP contribution in [0.3, 0.4) is 0 Å². The normalized spacial score (nSPS) is 18.6. The molecule has 1 aliphatic rings. The maximum absolute atomic E-state index is 10.9. The van der Waals surface area contributed by atoms with E-state index in [-0.39, 0.29) is 5.91 Å². The van der Waals surface area contributed by atoms with Gasteiger partial charge in [0.1, 0.15) is 0 Å². The van der Waals surface area contributed by atoms with Crippen LogP contribution in [0.25, 0.3) is 0 Å². The lowest BCUT2D eigenvalue weighted by atomic mass is 10.2. The van der Waals surface area contributed by atoms with Crippen LogP contribution in [0, 0.1) is 0 Å². The Labute approximate surface area is 87.0 Å². The summed E-state index contributed by atoms with van der Waals surface area (Å²) in [7, 11) is 0. The van der Waals surface area contributed by atoms with E-state index < -0.39 is 0 Å². The number of nitrogens with one attached hydrogen (secondary N) is 1. The number of halogens is 1. The quantitative estimate of drug-likeness (QED) is 0.693. The average molecular weight is 210 g/mol. The van der Waals surface area contributed by atoms with E-state index in [1.165, 1.54) is 0 Å². The first kappa shape index (κ1) is 9.21. The zero-order valence-electron chi connectivity index (χ0n) is 7.53. The van der Waals surface area contributed by atoms with Gasteiger partial charge in [0.05, 0.1) is 17.0 Å². The molecule has 72 valence electrons. The second-order valence-corrected chi connectivity index (χ2v) is 3.54. The molecule has 1 heterocycles. The summed E-state index contributed by atoms with van der Waals surface area (Å²) in [5.74, 6) is 0.0494. The van der Waals surface area contributed by atoms with Crippen molar-refractivity contribution in [2.45, 2.75) is 6.42 Å². The lowest BCUT2D eigenvalue weighted by Gasteiger charge is -1.94. The fourth-order valence-corrected chi connectivity index (χ4v) is 1.52. The molecule has 1 aromatic carbocycles. The summed E-state index contributed by atoms with van der Waals surface area (Å²) < 4.78 is 1.75. The smallest absolute Gasteiger partial charge is 0.269 e. The standard InChI is InChI=1S/C10H9ClN2O/c11-9-4-2-1-3-8(9)7-13-6-5-10(14)12-13/h1-4,7H,5-6H2/p+1. The summed E-state index contributed by atoms with van der Waals surface area (Å²) in [5, 5.41) is 0.689. The van der Waals surface area contributed by atoms with Crippen molar-refractivity contribution in [3.05, 3.63) is 34.9 Å². The SMILES string of the molecule is O=C1CC[N+](=Cc2ccccc2Cl)N1. The van der Waals surface area contributed by atoms with E-state index in [9.17, 15) is 4.79 Å². The molecule has 1 aliphatic heterocycles. The van der Waals surface area contributed by atoms with Gasteiger partial charge >= 0.3 is 0 Å². The number of amides is 1. The molecule has 1 amide bonds. The third kappa shape index (κ3) is 1.93. The number of carbonyl (C=O) groups is 1. The summed E-state index contributed by atoms with van der Waals surface area (Å²) in [6, 6.07) is 7.52. The highest BCUT2D eigenvalue weighted by Gasteiger charge is 2.20. The Morgan fingerprint density at radius 1 is 1.43 bits per heavy atom. The van der Waals surface area contributed by atoms with Gasteiger partial charge in [-0.05, 0) is 12.1 Å².